The van der Waals surface area contributed by atoms with E-state index >= 15 is 0 Å². The van der Waals surface area contributed by atoms with Crippen LogP contribution < -0.4 is 14.8 Å². The predicted octanol–water partition coefficient (Wildman–Crippen LogP) is 2.31. The lowest BCUT2D eigenvalue weighted by atomic mass is 10.2. The predicted molar refractivity (Wildman–Crippen MR) is 69.4 cm³/mol. The molecule has 1 aromatic carbocycles. The number of benzene rings is 1. The molecule has 2 aliphatic rings. The second-order valence-electron chi connectivity index (χ2n) is 4.96. The molecular formula is C14H17NO4. The van der Waals surface area contributed by atoms with Crippen LogP contribution in [0.1, 0.15) is 25.7 Å². The SMILES string of the molecule is COCC(=O)Nc1ccc2c(c1)OC1(CCCC1)O2. The van der Waals surface area contributed by atoms with Gasteiger partial charge in [-0.3, -0.25) is 4.79 Å². The first-order valence-electron chi connectivity index (χ1n) is 6.52. The zero-order chi connectivity index (χ0) is 13.3. The van der Waals surface area contributed by atoms with Crippen molar-refractivity contribution in [1.29, 1.82) is 0 Å². The van der Waals surface area contributed by atoms with Crippen LogP contribution in [0.4, 0.5) is 5.69 Å². The topological polar surface area (TPSA) is 56.8 Å². The van der Waals surface area contributed by atoms with Gasteiger partial charge in [-0.2, -0.15) is 0 Å². The fourth-order valence-electron chi connectivity index (χ4n) is 2.62. The lowest BCUT2D eigenvalue weighted by Crippen LogP contribution is -2.34. The van der Waals surface area contributed by atoms with E-state index in [1.165, 1.54) is 7.11 Å². The van der Waals surface area contributed by atoms with Gasteiger partial charge in [0.1, 0.15) is 6.61 Å². The molecule has 1 saturated carbocycles. The number of rotatable bonds is 3. The number of anilines is 1. The van der Waals surface area contributed by atoms with Crippen molar-refractivity contribution < 1.29 is 19.0 Å². The third-order valence-corrected chi connectivity index (χ3v) is 3.46. The van der Waals surface area contributed by atoms with Gasteiger partial charge >= 0.3 is 0 Å². The molecule has 5 nitrogen and oxygen atoms in total. The summed E-state index contributed by atoms with van der Waals surface area (Å²) in [6.45, 7) is 0.0401. The standard InChI is InChI=1S/C14H17NO4/c1-17-9-13(16)15-10-4-5-11-12(8-10)19-14(18-11)6-2-3-7-14/h4-5,8H,2-3,6-7,9H2,1H3,(H,15,16). The van der Waals surface area contributed by atoms with E-state index in [1.807, 2.05) is 12.1 Å². The molecule has 1 heterocycles. The number of hydrogen-bond acceptors (Lipinski definition) is 4. The van der Waals surface area contributed by atoms with Crippen LogP contribution in [0.2, 0.25) is 0 Å². The molecule has 1 aliphatic carbocycles. The van der Waals surface area contributed by atoms with Crippen LogP contribution in [0, 0.1) is 0 Å². The number of ether oxygens (including phenoxy) is 3. The van der Waals surface area contributed by atoms with Crippen LogP contribution >= 0.6 is 0 Å². The highest BCUT2D eigenvalue weighted by Crippen LogP contribution is 2.47. The van der Waals surface area contributed by atoms with Gasteiger partial charge in [-0.1, -0.05) is 0 Å². The van der Waals surface area contributed by atoms with Crippen molar-refractivity contribution in [2.24, 2.45) is 0 Å². The number of fused-ring (bicyclic) bond motifs is 1. The highest BCUT2D eigenvalue weighted by molar-refractivity contribution is 5.92. The Morgan fingerprint density at radius 1 is 1.32 bits per heavy atom. The maximum Gasteiger partial charge on any atom is 0.251 e. The smallest absolute Gasteiger partial charge is 0.251 e. The summed E-state index contributed by atoms with van der Waals surface area (Å²) < 4.78 is 16.6. The number of carbonyl (C=O) groups is 1. The minimum absolute atomic E-state index is 0.0401. The zero-order valence-corrected chi connectivity index (χ0v) is 10.9. The van der Waals surface area contributed by atoms with E-state index in [9.17, 15) is 4.79 Å². The summed E-state index contributed by atoms with van der Waals surface area (Å²) in [6, 6.07) is 5.45. The third kappa shape index (κ3) is 2.38. The molecule has 1 aliphatic heterocycles. The number of nitrogens with one attached hydrogen (secondary N) is 1. The second kappa shape index (κ2) is 4.74. The summed E-state index contributed by atoms with van der Waals surface area (Å²) in [4.78, 5) is 11.5. The van der Waals surface area contributed by atoms with E-state index < -0.39 is 5.79 Å². The van der Waals surface area contributed by atoms with Gasteiger partial charge < -0.3 is 19.5 Å². The first-order chi connectivity index (χ1) is 9.21. The van der Waals surface area contributed by atoms with Crippen molar-refractivity contribution in [2.75, 3.05) is 19.0 Å². The lowest BCUT2D eigenvalue weighted by Gasteiger charge is -2.21. The van der Waals surface area contributed by atoms with Gasteiger partial charge in [-0.25, -0.2) is 0 Å². The van der Waals surface area contributed by atoms with E-state index in [0.29, 0.717) is 11.4 Å². The highest BCUT2D eigenvalue weighted by Gasteiger charge is 2.44. The number of methoxy groups -OCH3 is 1. The van der Waals surface area contributed by atoms with Gasteiger partial charge in [0.05, 0.1) is 0 Å². The van der Waals surface area contributed by atoms with Crippen molar-refractivity contribution in [1.82, 2.24) is 0 Å². The summed E-state index contributed by atoms with van der Waals surface area (Å²) in [5, 5.41) is 2.75. The van der Waals surface area contributed by atoms with Gasteiger partial charge in [0.2, 0.25) is 5.91 Å². The third-order valence-electron chi connectivity index (χ3n) is 3.46. The quantitative estimate of drug-likeness (QED) is 0.909. The second-order valence-corrected chi connectivity index (χ2v) is 4.96. The first kappa shape index (κ1) is 12.3. The Labute approximate surface area is 111 Å². The minimum Gasteiger partial charge on any atom is -0.448 e. The number of carbonyl (C=O) groups excluding carboxylic acids is 1. The molecule has 5 heteroatoms. The molecule has 0 atom stereocenters. The average Bonchev–Trinajstić information content (AvgIpc) is 2.96. The fraction of sp³-hybridized carbons (Fsp3) is 0.500. The normalized spacial score (nSPS) is 18.8. The Hall–Kier alpha value is -1.75. The molecule has 1 aromatic rings. The molecule has 102 valence electrons. The maximum atomic E-state index is 11.5. The van der Waals surface area contributed by atoms with E-state index in [-0.39, 0.29) is 12.5 Å². The zero-order valence-electron chi connectivity index (χ0n) is 10.9. The summed E-state index contributed by atoms with van der Waals surface area (Å²) >= 11 is 0. The summed E-state index contributed by atoms with van der Waals surface area (Å²) in [7, 11) is 1.49. The van der Waals surface area contributed by atoms with Crippen molar-refractivity contribution >= 4 is 11.6 Å². The molecule has 0 aromatic heterocycles. The van der Waals surface area contributed by atoms with E-state index in [0.717, 1.165) is 31.4 Å². The largest absolute Gasteiger partial charge is 0.448 e. The molecule has 1 amide bonds. The van der Waals surface area contributed by atoms with E-state index in [1.54, 1.807) is 6.07 Å². The minimum atomic E-state index is -0.461. The average molecular weight is 263 g/mol. The Bertz CT molecular complexity index is 494. The van der Waals surface area contributed by atoms with Crippen LogP contribution in [0.25, 0.3) is 0 Å². The number of hydrogen-bond donors (Lipinski definition) is 1. The van der Waals surface area contributed by atoms with E-state index in [4.69, 9.17) is 14.2 Å². The monoisotopic (exact) mass is 263 g/mol. The Morgan fingerprint density at radius 3 is 2.79 bits per heavy atom. The lowest BCUT2D eigenvalue weighted by molar-refractivity contribution is -0.119. The Kier molecular flexibility index (Phi) is 3.06. The summed E-state index contributed by atoms with van der Waals surface area (Å²) in [5.41, 5.74) is 0.694. The van der Waals surface area contributed by atoms with Crippen LogP contribution in [-0.2, 0) is 9.53 Å². The molecule has 0 radical (unpaired) electrons. The molecule has 0 bridgehead atoms. The van der Waals surface area contributed by atoms with Crippen LogP contribution in [0.5, 0.6) is 11.5 Å². The Balaban J connectivity index is 1.74. The van der Waals surface area contributed by atoms with Gasteiger partial charge in [-0.05, 0) is 25.0 Å². The maximum absolute atomic E-state index is 11.5. The van der Waals surface area contributed by atoms with E-state index in [2.05, 4.69) is 5.32 Å². The molecular weight excluding hydrogens is 246 g/mol. The molecule has 0 unspecified atom stereocenters. The van der Waals surface area contributed by atoms with Crippen molar-refractivity contribution in [3.63, 3.8) is 0 Å². The van der Waals surface area contributed by atoms with Gasteiger partial charge in [0, 0.05) is 31.7 Å². The van der Waals surface area contributed by atoms with Crippen molar-refractivity contribution in [3.8, 4) is 11.5 Å². The van der Waals surface area contributed by atoms with Gasteiger partial charge in [-0.15, -0.1) is 0 Å². The van der Waals surface area contributed by atoms with Gasteiger partial charge in [0.25, 0.3) is 5.79 Å². The molecule has 3 rings (SSSR count). The highest BCUT2D eigenvalue weighted by atomic mass is 16.7. The van der Waals surface area contributed by atoms with Crippen LogP contribution in [-0.4, -0.2) is 25.4 Å². The fourth-order valence-corrected chi connectivity index (χ4v) is 2.62. The first-order valence-corrected chi connectivity index (χ1v) is 6.52. The number of amides is 1. The summed E-state index contributed by atoms with van der Waals surface area (Å²) in [5.74, 6) is 0.818. The van der Waals surface area contributed by atoms with Crippen LogP contribution in [0.15, 0.2) is 18.2 Å². The molecule has 1 N–H and O–H groups in total. The molecule has 0 saturated heterocycles. The molecule has 1 fully saturated rings. The Morgan fingerprint density at radius 2 is 2.05 bits per heavy atom. The van der Waals surface area contributed by atoms with Crippen molar-refractivity contribution in [3.05, 3.63) is 18.2 Å². The van der Waals surface area contributed by atoms with Crippen LogP contribution in [0.3, 0.4) is 0 Å². The van der Waals surface area contributed by atoms with Crippen molar-refractivity contribution in [2.45, 2.75) is 31.5 Å². The molecule has 1 spiro atoms. The molecule has 19 heavy (non-hydrogen) atoms. The summed E-state index contributed by atoms with van der Waals surface area (Å²) in [6.07, 6.45) is 4.11. The van der Waals surface area contributed by atoms with Gasteiger partial charge in [0.15, 0.2) is 11.5 Å².